The molecule has 0 aromatic heterocycles. The molecule has 5 radical (unpaired) electrons. The molecule has 2 fully saturated rings. The van der Waals surface area contributed by atoms with Crippen LogP contribution in [0.25, 0.3) is 0 Å². The summed E-state index contributed by atoms with van der Waals surface area (Å²) in [5, 5.41) is 3.29. The zero-order valence-corrected chi connectivity index (χ0v) is 9.50. The number of rotatable bonds is 1. The second kappa shape index (κ2) is 4.62. The minimum absolute atomic E-state index is 0.177. The third-order valence-electron chi connectivity index (χ3n) is 1.72. The highest BCUT2D eigenvalue weighted by molar-refractivity contribution is 6.59. The van der Waals surface area contributed by atoms with Gasteiger partial charge in [0.2, 0.25) is 0 Å². The van der Waals surface area contributed by atoms with Gasteiger partial charge in [-0.25, -0.2) is 0 Å². The first-order chi connectivity index (χ1) is 5.97. The zero-order valence-electron chi connectivity index (χ0n) is 6.50. The van der Waals surface area contributed by atoms with Gasteiger partial charge in [0.25, 0.3) is 0 Å². The summed E-state index contributed by atoms with van der Waals surface area (Å²) >= 11 is 0. The van der Waals surface area contributed by atoms with Crippen molar-refractivity contribution in [2.45, 2.75) is 0 Å². The maximum absolute atomic E-state index is 5.41. The lowest BCUT2D eigenvalue weighted by molar-refractivity contribution is 0.228. The van der Waals surface area contributed by atoms with Crippen LogP contribution in [0.2, 0.25) is 0 Å². The van der Waals surface area contributed by atoms with Gasteiger partial charge in [0.1, 0.15) is 0 Å². The van der Waals surface area contributed by atoms with E-state index < -0.39 is 9.45 Å². The summed E-state index contributed by atoms with van der Waals surface area (Å²) < 4.78 is 18.1. The second-order valence-corrected chi connectivity index (χ2v) is 6.42. The van der Waals surface area contributed by atoms with Crippen LogP contribution in [-0.2, 0) is 12.3 Å². The van der Waals surface area contributed by atoms with Crippen molar-refractivity contribution < 1.29 is 12.3 Å². The fourth-order valence-electron chi connectivity index (χ4n) is 1.13. The Morgan fingerprint density at radius 1 is 1.17 bits per heavy atom. The van der Waals surface area contributed by atoms with E-state index in [2.05, 4.69) is 9.88 Å². The molecule has 2 aliphatic rings. The first-order valence-corrected chi connectivity index (χ1v) is 6.68. The van der Waals surface area contributed by atoms with E-state index in [0.717, 1.165) is 26.2 Å². The molecule has 0 aromatic carbocycles. The molecule has 1 N–H and O–H groups in total. The summed E-state index contributed by atoms with van der Waals surface area (Å²) in [6.07, 6.45) is 0. The molecule has 0 saturated carbocycles. The molecular formula is C4H9N2O3Si3. The third kappa shape index (κ3) is 2.23. The number of hydrogen-bond donors (Lipinski definition) is 1. The van der Waals surface area contributed by atoms with Gasteiger partial charge >= 0.3 is 29.5 Å². The highest BCUT2D eigenvalue weighted by Crippen LogP contribution is 2.02. The van der Waals surface area contributed by atoms with Crippen molar-refractivity contribution in [2.75, 3.05) is 26.2 Å². The summed E-state index contributed by atoms with van der Waals surface area (Å²) in [6.45, 7) is 4.13. The van der Waals surface area contributed by atoms with Gasteiger partial charge in [-0.05, 0) is 0 Å². The van der Waals surface area contributed by atoms with E-state index in [1.165, 1.54) is 0 Å². The first-order valence-electron chi connectivity index (χ1n) is 3.79. The van der Waals surface area contributed by atoms with Crippen LogP contribution in [-0.4, -0.2) is 60.2 Å². The Morgan fingerprint density at radius 3 is 2.50 bits per heavy atom. The van der Waals surface area contributed by atoms with E-state index >= 15 is 0 Å². The van der Waals surface area contributed by atoms with E-state index in [1.54, 1.807) is 0 Å². The van der Waals surface area contributed by atoms with E-state index in [0.29, 0.717) is 0 Å². The Kier molecular flexibility index (Phi) is 3.47. The molecule has 12 heavy (non-hydrogen) atoms. The Bertz CT molecular complexity index is 124. The van der Waals surface area contributed by atoms with E-state index in [4.69, 9.17) is 12.3 Å². The maximum Gasteiger partial charge on any atom is 0.471 e. The topological polar surface area (TPSA) is 43.0 Å². The van der Waals surface area contributed by atoms with Crippen molar-refractivity contribution in [1.29, 1.82) is 0 Å². The monoisotopic (exact) mass is 217 g/mol. The molecule has 0 amide bonds. The minimum Gasteiger partial charge on any atom is -0.412 e. The van der Waals surface area contributed by atoms with Crippen LogP contribution in [0, 0.1) is 0 Å². The Morgan fingerprint density at radius 2 is 1.83 bits per heavy atom. The average Bonchev–Trinajstić information content (AvgIpc) is 2.21. The molecule has 5 nitrogen and oxygen atoms in total. The van der Waals surface area contributed by atoms with Crippen molar-refractivity contribution in [3.05, 3.63) is 0 Å². The lowest BCUT2D eigenvalue weighted by Gasteiger charge is -2.32. The van der Waals surface area contributed by atoms with Crippen LogP contribution in [0.1, 0.15) is 0 Å². The Hall–Kier alpha value is 0.451. The van der Waals surface area contributed by atoms with Gasteiger partial charge in [-0.15, -0.1) is 0 Å². The van der Waals surface area contributed by atoms with Gasteiger partial charge in [0.15, 0.2) is 0 Å². The van der Waals surface area contributed by atoms with Gasteiger partial charge in [-0.2, -0.15) is 0 Å². The lowest BCUT2D eigenvalue weighted by atomic mass is 10.4. The van der Waals surface area contributed by atoms with Crippen LogP contribution in [0.5, 0.6) is 0 Å². The molecule has 2 heterocycles. The standard InChI is InChI=1S/C4H9N2O3Si3/c1-3-6(4-2-5-1)12-8-10-7-11-9-12/h5H,1-4H2. The third-order valence-corrected chi connectivity index (χ3v) is 5.41. The predicted octanol–water partition coefficient (Wildman–Crippen LogP) is -1.99. The van der Waals surface area contributed by atoms with Crippen molar-refractivity contribution in [3.63, 3.8) is 0 Å². The smallest absolute Gasteiger partial charge is 0.412 e. The fraction of sp³-hybridized carbons (Fsp3) is 1.00. The highest BCUT2D eigenvalue weighted by Gasteiger charge is 2.31. The highest BCUT2D eigenvalue weighted by atomic mass is 28.4. The van der Waals surface area contributed by atoms with Crippen molar-refractivity contribution >= 4 is 29.5 Å². The van der Waals surface area contributed by atoms with Crippen LogP contribution >= 0.6 is 0 Å². The molecule has 65 valence electrons. The molecule has 0 unspecified atom stereocenters. The van der Waals surface area contributed by atoms with Gasteiger partial charge in [-0.3, -0.25) is 4.57 Å². The van der Waals surface area contributed by atoms with Crippen molar-refractivity contribution in [3.8, 4) is 0 Å². The average molecular weight is 217 g/mol. The van der Waals surface area contributed by atoms with Crippen LogP contribution < -0.4 is 5.32 Å². The fourth-order valence-corrected chi connectivity index (χ4v) is 5.08. The molecule has 0 aliphatic carbocycles. The van der Waals surface area contributed by atoms with Crippen LogP contribution in [0.15, 0.2) is 0 Å². The number of nitrogens with zero attached hydrogens (tertiary/aromatic N) is 1. The molecular weight excluding hydrogens is 208 g/mol. The van der Waals surface area contributed by atoms with Gasteiger partial charge in [-0.1, -0.05) is 0 Å². The molecule has 2 rings (SSSR count). The normalized spacial score (nSPS) is 29.0. The van der Waals surface area contributed by atoms with Gasteiger partial charge in [0.05, 0.1) is 0 Å². The summed E-state index contributed by atoms with van der Waals surface area (Å²) in [4.78, 5) is 0. The summed E-state index contributed by atoms with van der Waals surface area (Å²) in [6, 6.07) is 0. The van der Waals surface area contributed by atoms with Gasteiger partial charge in [0, 0.05) is 26.2 Å². The van der Waals surface area contributed by atoms with Crippen molar-refractivity contribution in [2.24, 2.45) is 0 Å². The quantitative estimate of drug-likeness (QED) is 0.515. The maximum atomic E-state index is 5.41. The molecule has 0 aromatic rings. The van der Waals surface area contributed by atoms with Crippen molar-refractivity contribution in [1.82, 2.24) is 9.88 Å². The zero-order chi connectivity index (χ0) is 8.23. The number of piperazine rings is 1. The summed E-state index contributed by atoms with van der Waals surface area (Å²) in [5.74, 6) is 0. The molecule has 0 atom stereocenters. The van der Waals surface area contributed by atoms with E-state index in [-0.39, 0.29) is 20.0 Å². The lowest BCUT2D eigenvalue weighted by Crippen LogP contribution is -2.56. The Balaban J connectivity index is 1.80. The van der Waals surface area contributed by atoms with E-state index in [1.807, 2.05) is 0 Å². The molecule has 2 aliphatic heterocycles. The van der Waals surface area contributed by atoms with Gasteiger partial charge < -0.3 is 17.7 Å². The number of hydrogen-bond acceptors (Lipinski definition) is 5. The summed E-state index contributed by atoms with van der Waals surface area (Å²) in [5.41, 5.74) is 0. The SMILES string of the molecule is C1CN([Si]2O[Si]O[Si]O2)CCN1. The minimum atomic E-state index is -1.16. The first kappa shape index (κ1) is 9.02. The molecule has 0 bridgehead atoms. The van der Waals surface area contributed by atoms with Crippen LogP contribution in [0.4, 0.5) is 0 Å². The molecule has 0 spiro atoms. The molecule has 8 heteroatoms. The van der Waals surface area contributed by atoms with E-state index in [9.17, 15) is 0 Å². The Labute approximate surface area is 78.4 Å². The van der Waals surface area contributed by atoms with Crippen LogP contribution in [0.3, 0.4) is 0 Å². The molecule has 2 saturated heterocycles. The summed E-state index contributed by atoms with van der Waals surface area (Å²) in [7, 11) is -0.802. The number of nitrogens with one attached hydrogen (secondary N) is 1. The second-order valence-electron chi connectivity index (χ2n) is 2.48. The largest absolute Gasteiger partial charge is 0.471 e. The predicted molar refractivity (Wildman–Crippen MR) is 45.0 cm³/mol.